The molecule has 0 amide bonds. The number of ether oxygens (including phenoxy) is 1. The van der Waals surface area contributed by atoms with Gasteiger partial charge in [-0.2, -0.15) is 5.26 Å². The number of rotatable bonds is 8. The van der Waals surface area contributed by atoms with Crippen molar-refractivity contribution < 1.29 is 23.7 Å². The number of alkyl halides is 3. The molecule has 5 aromatic rings. The highest BCUT2D eigenvalue weighted by atomic mass is 35.5. The Hall–Kier alpha value is -4.60. The lowest BCUT2D eigenvalue weighted by molar-refractivity contribution is -0.274. The van der Waals surface area contributed by atoms with Crippen molar-refractivity contribution in [1.29, 1.82) is 5.26 Å². The highest BCUT2D eigenvalue weighted by molar-refractivity contribution is 6.36. The molecule has 1 aliphatic carbocycles. The van der Waals surface area contributed by atoms with E-state index in [0.29, 0.717) is 5.56 Å². The quantitative estimate of drug-likeness (QED) is 0.167. The van der Waals surface area contributed by atoms with Gasteiger partial charge in [-0.25, -0.2) is 9.07 Å². The van der Waals surface area contributed by atoms with Gasteiger partial charge in [-0.15, -0.1) is 18.3 Å². The van der Waals surface area contributed by atoms with E-state index >= 15 is 0 Å². The summed E-state index contributed by atoms with van der Waals surface area (Å²) in [4.78, 5) is 4.27. The maximum absolute atomic E-state index is 13.8. The molecular weight excluding hydrogens is 609 g/mol. The third kappa shape index (κ3) is 6.14. The number of nitrogens with one attached hydrogen (secondary N) is 2. The van der Waals surface area contributed by atoms with Gasteiger partial charge < -0.3 is 15.4 Å². The Morgan fingerprint density at radius 1 is 1.12 bits per heavy atom. The Morgan fingerprint density at radius 3 is 2.58 bits per heavy atom. The van der Waals surface area contributed by atoms with Crippen molar-refractivity contribution in [2.24, 2.45) is 0 Å². The Labute approximate surface area is 253 Å². The van der Waals surface area contributed by atoms with Crippen molar-refractivity contribution in [3.05, 3.63) is 99.7 Å². The maximum atomic E-state index is 13.8. The number of benzene rings is 3. The Bertz CT molecular complexity index is 1930. The molecule has 0 aliphatic heterocycles. The zero-order chi connectivity index (χ0) is 31.2. The summed E-state index contributed by atoms with van der Waals surface area (Å²) >= 11 is 12.7. The minimum absolute atomic E-state index is 0.0216. The van der Waals surface area contributed by atoms with Crippen LogP contribution in [0.1, 0.15) is 43.1 Å². The number of nitriles is 1. The van der Waals surface area contributed by atoms with Gasteiger partial charge in [-0.3, -0.25) is 4.98 Å². The van der Waals surface area contributed by atoms with E-state index in [-0.39, 0.29) is 55.3 Å². The van der Waals surface area contributed by atoms with Crippen molar-refractivity contribution in [3.63, 3.8) is 0 Å². The van der Waals surface area contributed by atoms with Gasteiger partial charge in [-0.1, -0.05) is 46.6 Å². The predicted octanol–water partition coefficient (Wildman–Crippen LogP) is 8.32. The van der Waals surface area contributed by atoms with E-state index in [1.807, 2.05) is 6.07 Å². The third-order valence-electron chi connectivity index (χ3n) is 6.58. The molecule has 0 saturated heterocycles. The fourth-order valence-corrected chi connectivity index (χ4v) is 4.95. The van der Waals surface area contributed by atoms with Crippen LogP contribution >= 0.6 is 23.2 Å². The van der Waals surface area contributed by atoms with E-state index in [0.717, 1.165) is 12.8 Å². The topological polar surface area (TPSA) is 101 Å². The molecule has 8 nitrogen and oxygen atoms in total. The summed E-state index contributed by atoms with van der Waals surface area (Å²) in [7, 11) is 0. The molecule has 2 aromatic heterocycles. The lowest BCUT2D eigenvalue weighted by Crippen LogP contribution is -2.18. The first-order valence-electron chi connectivity index (χ1n) is 13.3. The van der Waals surface area contributed by atoms with Gasteiger partial charge in [0.05, 0.1) is 52.1 Å². The SMILES string of the molecule is [2H]C(Nc1cc(Cl)c2ncc(C#N)c(Nc3cccc(Cl)c3OC(F)(F)F)c2c1)(c1ccc(F)cc1)c1cn(C2CC2)nn1. The number of pyridine rings is 1. The number of nitrogens with zero attached hydrogens (tertiary/aromatic N) is 5. The van der Waals surface area contributed by atoms with Gasteiger partial charge in [0, 0.05) is 17.3 Å². The largest absolute Gasteiger partial charge is 0.573 e. The highest BCUT2D eigenvalue weighted by Crippen LogP contribution is 2.42. The number of halogens is 6. The summed E-state index contributed by atoms with van der Waals surface area (Å²) in [6, 6.07) is 12.7. The van der Waals surface area contributed by atoms with Crippen molar-refractivity contribution in [2.45, 2.75) is 31.3 Å². The molecule has 1 unspecified atom stereocenters. The molecule has 14 heteroatoms. The van der Waals surface area contributed by atoms with Gasteiger partial charge in [-0.05, 0) is 54.8 Å². The second-order valence-electron chi connectivity index (χ2n) is 9.62. The second-order valence-corrected chi connectivity index (χ2v) is 10.4. The summed E-state index contributed by atoms with van der Waals surface area (Å²) in [6.07, 6.45) is -0.302. The summed E-state index contributed by atoms with van der Waals surface area (Å²) < 4.78 is 68.8. The summed E-state index contributed by atoms with van der Waals surface area (Å²) in [6.45, 7) is 0. The van der Waals surface area contributed by atoms with E-state index < -0.39 is 23.9 Å². The van der Waals surface area contributed by atoms with Crippen LogP contribution in [-0.4, -0.2) is 26.3 Å². The first kappa shape index (κ1) is 27.2. The van der Waals surface area contributed by atoms with Crippen molar-refractivity contribution in [1.82, 2.24) is 20.0 Å². The van der Waals surface area contributed by atoms with Crippen LogP contribution in [0.4, 0.5) is 34.6 Å². The molecule has 1 saturated carbocycles. The van der Waals surface area contributed by atoms with Gasteiger partial charge in [0.1, 0.15) is 17.6 Å². The van der Waals surface area contributed by atoms with E-state index in [1.54, 1.807) is 10.9 Å². The maximum Gasteiger partial charge on any atom is 0.573 e. The number of fused-ring (bicyclic) bond motifs is 1. The van der Waals surface area contributed by atoms with Crippen LogP contribution in [-0.2, 0) is 0 Å². The van der Waals surface area contributed by atoms with Crippen LogP contribution in [0.25, 0.3) is 10.9 Å². The summed E-state index contributed by atoms with van der Waals surface area (Å²) in [5, 5.41) is 24.2. The number of hydrogen-bond donors (Lipinski definition) is 2. The number of hydrogen-bond acceptors (Lipinski definition) is 7. The molecule has 218 valence electrons. The fourth-order valence-electron chi connectivity index (χ4n) is 4.47. The first-order chi connectivity index (χ1) is 20.9. The third-order valence-corrected chi connectivity index (χ3v) is 7.17. The minimum Gasteiger partial charge on any atom is -0.402 e. The number of para-hydroxylation sites is 1. The molecule has 3 aromatic carbocycles. The highest BCUT2D eigenvalue weighted by Gasteiger charge is 2.33. The average molecular weight is 629 g/mol. The van der Waals surface area contributed by atoms with E-state index in [1.165, 1.54) is 60.8 Å². The lowest BCUT2D eigenvalue weighted by Gasteiger charge is -2.20. The van der Waals surface area contributed by atoms with Crippen molar-refractivity contribution in [2.75, 3.05) is 10.6 Å². The standard InChI is InChI=1S/C29H19Cl2F4N7O/c30-21-2-1-3-23(28(21)43-29(33,34)35)39-25-16(12-36)13-37-27-20(25)10-18(11-22(27)31)38-26(15-4-6-17(32)7-5-15)24-14-42(41-40-24)19-8-9-19/h1-7,10-11,13-14,19,26,38H,8-9H2,(H,37,39)/i26D. The van der Waals surface area contributed by atoms with Crippen LogP contribution in [0.15, 0.2) is 67.0 Å². The fraction of sp³-hybridized carbons (Fsp3) is 0.172. The van der Waals surface area contributed by atoms with Crippen molar-refractivity contribution in [3.8, 4) is 11.8 Å². The van der Waals surface area contributed by atoms with E-state index in [9.17, 15) is 24.2 Å². The van der Waals surface area contributed by atoms with Gasteiger partial charge in [0.15, 0.2) is 5.75 Å². The molecule has 0 spiro atoms. The van der Waals surface area contributed by atoms with Crippen LogP contribution < -0.4 is 15.4 Å². The summed E-state index contributed by atoms with van der Waals surface area (Å²) in [5.74, 6) is -1.19. The van der Waals surface area contributed by atoms with Gasteiger partial charge in [0.25, 0.3) is 0 Å². The predicted molar refractivity (Wildman–Crippen MR) is 153 cm³/mol. The smallest absolute Gasteiger partial charge is 0.402 e. The van der Waals surface area contributed by atoms with E-state index in [2.05, 4.69) is 30.7 Å². The molecule has 43 heavy (non-hydrogen) atoms. The van der Waals surface area contributed by atoms with E-state index in [4.69, 9.17) is 23.2 Å². The molecule has 1 atom stereocenters. The monoisotopic (exact) mass is 628 g/mol. The number of aromatic nitrogens is 4. The lowest BCUT2D eigenvalue weighted by atomic mass is 10.0. The van der Waals surface area contributed by atoms with Gasteiger partial charge in [0.2, 0.25) is 0 Å². The van der Waals surface area contributed by atoms with Crippen LogP contribution in [0.2, 0.25) is 10.0 Å². The van der Waals surface area contributed by atoms with Gasteiger partial charge >= 0.3 is 6.36 Å². The summed E-state index contributed by atoms with van der Waals surface area (Å²) in [5.41, 5.74) is 0.916. The molecular formula is C29H19Cl2F4N7O. The van der Waals surface area contributed by atoms with Crippen LogP contribution in [0.3, 0.4) is 0 Å². The zero-order valence-electron chi connectivity index (χ0n) is 22.8. The van der Waals surface area contributed by atoms with Crippen LogP contribution in [0, 0.1) is 17.1 Å². The van der Waals surface area contributed by atoms with Crippen LogP contribution in [0.5, 0.6) is 5.75 Å². The molecule has 2 N–H and O–H groups in total. The van der Waals surface area contributed by atoms with Crippen molar-refractivity contribution >= 4 is 51.2 Å². The molecule has 0 bridgehead atoms. The molecule has 6 rings (SSSR count). The normalized spacial score (nSPS) is 15.0. The number of anilines is 3. The molecule has 2 heterocycles. The zero-order valence-corrected chi connectivity index (χ0v) is 23.3. The second kappa shape index (κ2) is 11.2. The first-order valence-corrected chi connectivity index (χ1v) is 13.5. The molecule has 1 fully saturated rings. The molecule has 1 aliphatic rings. The molecule has 0 radical (unpaired) electrons. The minimum atomic E-state index is -5.04. The Balaban J connectivity index is 1.47. The average Bonchev–Trinajstić information content (AvgIpc) is 3.70. The Kier molecular flexibility index (Phi) is 7.12. The Morgan fingerprint density at radius 2 is 1.88 bits per heavy atom.